The molecule has 0 radical (unpaired) electrons. The Kier molecular flexibility index (Phi) is 2.86. The highest BCUT2D eigenvalue weighted by atomic mass is 32.2. The highest BCUT2D eigenvalue weighted by Gasteiger charge is 2.29. The summed E-state index contributed by atoms with van der Waals surface area (Å²) in [4.78, 5) is 0.271. The van der Waals surface area contributed by atoms with Gasteiger partial charge in [0.05, 0.1) is 4.90 Å². The summed E-state index contributed by atoms with van der Waals surface area (Å²) in [5, 5.41) is 0. The van der Waals surface area contributed by atoms with E-state index in [-0.39, 0.29) is 4.90 Å². The molecule has 0 saturated heterocycles. The molecule has 3 nitrogen and oxygen atoms in total. The Hall–Kier alpha value is -1.55. The maximum Gasteiger partial charge on any atom is 0.175 e. The second-order valence-corrected chi connectivity index (χ2v) is 6.90. The van der Waals surface area contributed by atoms with Crippen molar-refractivity contribution >= 4 is 15.9 Å². The van der Waals surface area contributed by atoms with Crippen molar-refractivity contribution in [3.63, 3.8) is 0 Å². The lowest BCUT2D eigenvalue weighted by Gasteiger charge is -2.32. The van der Waals surface area contributed by atoms with E-state index in [0.717, 1.165) is 11.1 Å². The monoisotopic (exact) mass is 264 g/mol. The Morgan fingerprint density at radius 1 is 1.33 bits per heavy atom. The van der Waals surface area contributed by atoms with Gasteiger partial charge in [-0.15, -0.1) is 0 Å². The molecule has 1 aliphatic heterocycles. The van der Waals surface area contributed by atoms with Gasteiger partial charge in [-0.2, -0.15) is 0 Å². The van der Waals surface area contributed by atoms with E-state index in [2.05, 4.69) is 6.58 Å². The quantitative estimate of drug-likeness (QED) is 0.825. The summed E-state index contributed by atoms with van der Waals surface area (Å²) in [6.45, 7) is 7.62. The van der Waals surface area contributed by atoms with E-state index >= 15 is 0 Å². The average molecular weight is 264 g/mol. The zero-order valence-electron chi connectivity index (χ0n) is 10.7. The minimum atomic E-state index is -3.21. The Bertz CT molecular complexity index is 637. The molecule has 0 N–H and O–H groups in total. The van der Waals surface area contributed by atoms with Crippen LogP contribution in [0.15, 0.2) is 41.3 Å². The fourth-order valence-corrected chi connectivity index (χ4v) is 2.57. The minimum Gasteiger partial charge on any atom is -0.482 e. The Labute approximate surface area is 108 Å². The normalized spacial score (nSPS) is 17.4. The molecule has 0 saturated carbocycles. The van der Waals surface area contributed by atoms with E-state index in [1.54, 1.807) is 24.3 Å². The van der Waals surface area contributed by atoms with E-state index in [1.165, 1.54) is 6.26 Å². The lowest BCUT2D eigenvalue weighted by atomic mass is 9.92. The lowest BCUT2D eigenvalue weighted by Crippen LogP contribution is -2.32. The predicted molar refractivity (Wildman–Crippen MR) is 72.4 cm³/mol. The Balaban J connectivity index is 2.59. The highest BCUT2D eigenvalue weighted by molar-refractivity contribution is 7.90. The number of sulfone groups is 1. The van der Waals surface area contributed by atoms with Crippen LogP contribution in [-0.2, 0) is 9.84 Å². The third-order valence-corrected chi connectivity index (χ3v) is 4.11. The molecule has 4 heteroatoms. The smallest absolute Gasteiger partial charge is 0.175 e. The second kappa shape index (κ2) is 3.99. The van der Waals surface area contributed by atoms with Crippen molar-refractivity contribution < 1.29 is 13.2 Å². The summed E-state index contributed by atoms with van der Waals surface area (Å²) in [6, 6.07) is 4.92. The predicted octanol–water partition coefficient (Wildman–Crippen LogP) is 2.83. The summed E-state index contributed by atoms with van der Waals surface area (Å²) in [7, 11) is -3.21. The molecule has 0 amide bonds. The molecule has 1 heterocycles. The number of fused-ring (bicyclic) bond motifs is 1. The molecule has 1 aromatic rings. The summed E-state index contributed by atoms with van der Waals surface area (Å²) in [6.07, 6.45) is 4.92. The number of hydrogen-bond acceptors (Lipinski definition) is 3. The van der Waals surface area contributed by atoms with Crippen LogP contribution >= 0.6 is 0 Å². The molecule has 2 rings (SSSR count). The van der Waals surface area contributed by atoms with E-state index in [9.17, 15) is 8.42 Å². The summed E-state index contributed by atoms with van der Waals surface area (Å²) >= 11 is 0. The molecule has 18 heavy (non-hydrogen) atoms. The maximum absolute atomic E-state index is 11.5. The first kappa shape index (κ1) is 12.9. The van der Waals surface area contributed by atoms with Gasteiger partial charge in [0, 0.05) is 11.8 Å². The van der Waals surface area contributed by atoms with E-state index in [4.69, 9.17) is 4.74 Å². The van der Waals surface area contributed by atoms with Gasteiger partial charge >= 0.3 is 0 Å². The largest absolute Gasteiger partial charge is 0.482 e. The van der Waals surface area contributed by atoms with Crippen molar-refractivity contribution in [2.45, 2.75) is 24.3 Å². The van der Waals surface area contributed by atoms with Crippen LogP contribution in [-0.4, -0.2) is 20.3 Å². The van der Waals surface area contributed by atoms with Crippen molar-refractivity contribution in [1.82, 2.24) is 0 Å². The first-order chi connectivity index (χ1) is 8.24. The second-order valence-electron chi connectivity index (χ2n) is 4.89. The molecular formula is C14H16O3S. The Morgan fingerprint density at radius 2 is 2.00 bits per heavy atom. The molecule has 0 spiro atoms. The van der Waals surface area contributed by atoms with Gasteiger partial charge in [0.15, 0.2) is 9.84 Å². The average Bonchev–Trinajstić information content (AvgIpc) is 2.24. The number of rotatable bonds is 2. The van der Waals surface area contributed by atoms with Crippen molar-refractivity contribution in [1.29, 1.82) is 0 Å². The maximum atomic E-state index is 11.5. The SMILES string of the molecule is C=CC1=Cc2ccc(S(C)(=O)=O)cc2OC1(C)C. The van der Waals surface area contributed by atoms with Crippen LogP contribution in [0.4, 0.5) is 0 Å². The summed E-state index contributed by atoms with van der Waals surface area (Å²) in [5.74, 6) is 0.591. The number of benzene rings is 1. The van der Waals surface area contributed by atoms with Crippen LogP contribution in [0.25, 0.3) is 6.08 Å². The topological polar surface area (TPSA) is 43.4 Å². The first-order valence-electron chi connectivity index (χ1n) is 5.62. The Morgan fingerprint density at radius 3 is 2.56 bits per heavy atom. The summed E-state index contributed by atoms with van der Waals surface area (Å²) < 4.78 is 28.9. The molecule has 0 aromatic heterocycles. The minimum absolute atomic E-state index is 0.271. The van der Waals surface area contributed by atoms with Gasteiger partial charge in [0.1, 0.15) is 11.4 Å². The van der Waals surface area contributed by atoms with Crippen LogP contribution in [0, 0.1) is 0 Å². The molecule has 0 unspecified atom stereocenters. The van der Waals surface area contributed by atoms with Gasteiger partial charge in [-0.25, -0.2) is 8.42 Å². The fraction of sp³-hybridized carbons (Fsp3) is 0.286. The van der Waals surface area contributed by atoms with Crippen molar-refractivity contribution in [2.24, 2.45) is 0 Å². The molecule has 96 valence electrons. The lowest BCUT2D eigenvalue weighted by molar-refractivity contribution is 0.149. The molecule has 0 fully saturated rings. The van der Waals surface area contributed by atoms with Gasteiger partial charge < -0.3 is 4.74 Å². The molecular weight excluding hydrogens is 248 g/mol. The molecule has 1 aliphatic rings. The van der Waals surface area contributed by atoms with Crippen molar-refractivity contribution in [3.05, 3.63) is 42.0 Å². The van der Waals surface area contributed by atoms with Gasteiger partial charge in [-0.05, 0) is 43.7 Å². The van der Waals surface area contributed by atoms with Gasteiger partial charge in [-0.3, -0.25) is 0 Å². The van der Waals surface area contributed by atoms with Crippen molar-refractivity contribution in [3.8, 4) is 5.75 Å². The van der Waals surface area contributed by atoms with Crippen LogP contribution < -0.4 is 4.74 Å². The zero-order valence-corrected chi connectivity index (χ0v) is 11.5. The van der Waals surface area contributed by atoms with Crippen LogP contribution in [0.1, 0.15) is 19.4 Å². The van der Waals surface area contributed by atoms with Crippen LogP contribution in [0.2, 0.25) is 0 Å². The number of hydrogen-bond donors (Lipinski definition) is 0. The molecule has 0 aliphatic carbocycles. The summed E-state index contributed by atoms with van der Waals surface area (Å²) in [5.41, 5.74) is 1.35. The van der Waals surface area contributed by atoms with Crippen LogP contribution in [0.3, 0.4) is 0 Å². The fourth-order valence-electron chi connectivity index (χ4n) is 1.93. The standard InChI is InChI=1S/C14H16O3S/c1-5-11-8-10-6-7-12(18(4,15)16)9-13(10)17-14(11,2)3/h5-9H,1H2,2-4H3. The molecule has 0 atom stereocenters. The first-order valence-corrected chi connectivity index (χ1v) is 7.51. The van der Waals surface area contributed by atoms with Gasteiger partial charge in [-0.1, -0.05) is 12.7 Å². The van der Waals surface area contributed by atoms with Crippen LogP contribution in [0.5, 0.6) is 5.75 Å². The molecule has 0 bridgehead atoms. The van der Waals surface area contributed by atoms with Gasteiger partial charge in [0.25, 0.3) is 0 Å². The highest BCUT2D eigenvalue weighted by Crippen LogP contribution is 2.37. The van der Waals surface area contributed by atoms with Gasteiger partial charge in [0.2, 0.25) is 0 Å². The molecule has 1 aromatic carbocycles. The van der Waals surface area contributed by atoms with E-state index in [1.807, 2.05) is 19.9 Å². The van der Waals surface area contributed by atoms with Crippen molar-refractivity contribution in [2.75, 3.05) is 6.26 Å². The third-order valence-electron chi connectivity index (χ3n) is 3.00. The zero-order chi connectivity index (χ0) is 13.6. The van der Waals surface area contributed by atoms with E-state index in [0.29, 0.717) is 5.75 Å². The number of ether oxygens (including phenoxy) is 1. The third kappa shape index (κ3) is 2.20. The van der Waals surface area contributed by atoms with E-state index < -0.39 is 15.4 Å².